The lowest BCUT2D eigenvalue weighted by Gasteiger charge is -2.26. The minimum Gasteiger partial charge on any atom is -0.469 e. The van der Waals surface area contributed by atoms with E-state index in [4.69, 9.17) is 14.6 Å². The monoisotopic (exact) mass is 411 g/mol. The lowest BCUT2D eigenvalue weighted by Crippen LogP contribution is -2.36. The van der Waals surface area contributed by atoms with Gasteiger partial charge in [0, 0.05) is 12.1 Å². The van der Waals surface area contributed by atoms with E-state index < -0.39 is 36.8 Å². The van der Waals surface area contributed by atoms with Crippen LogP contribution in [-0.2, 0) is 19.1 Å². The van der Waals surface area contributed by atoms with Crippen LogP contribution in [0.4, 0.5) is 5.82 Å². The lowest BCUT2D eigenvalue weighted by molar-refractivity contribution is -0.147. The molecule has 1 aliphatic heterocycles. The highest BCUT2D eigenvalue weighted by Crippen LogP contribution is 2.30. The third-order valence-electron chi connectivity index (χ3n) is 5.51. The van der Waals surface area contributed by atoms with Crippen LogP contribution in [0.1, 0.15) is 31.9 Å². The number of esters is 1. The predicted octanol–water partition coefficient (Wildman–Crippen LogP) is -1.23. The van der Waals surface area contributed by atoms with Crippen LogP contribution in [-0.4, -0.2) is 68.8 Å². The number of rotatable bonds is 5. The maximum atomic E-state index is 12.4. The smallest absolute Gasteiger partial charge is 0.351 e. The summed E-state index contributed by atoms with van der Waals surface area (Å²) < 4.78 is 11.0. The van der Waals surface area contributed by atoms with Crippen LogP contribution in [0.2, 0.25) is 0 Å². The summed E-state index contributed by atoms with van der Waals surface area (Å²) in [7, 11) is 1.34. The molecule has 29 heavy (non-hydrogen) atoms. The Bertz CT molecular complexity index is 805. The number of anilines is 1. The molecular weight excluding hydrogens is 386 g/mol. The molecule has 4 atom stereocenters. The number of aliphatic hydroxyl groups is 3. The Hall–Kier alpha value is -2.34. The molecule has 2 fully saturated rings. The first-order chi connectivity index (χ1) is 13.8. The van der Waals surface area contributed by atoms with Crippen LogP contribution < -0.4 is 11.0 Å². The van der Waals surface area contributed by atoms with Crippen molar-refractivity contribution < 1.29 is 34.4 Å². The van der Waals surface area contributed by atoms with Crippen molar-refractivity contribution in [1.82, 2.24) is 9.55 Å². The maximum absolute atomic E-state index is 12.4. The SMILES string of the molecule is COC(=O)C1CCC(C(=O)Nc2ccn(C3OC(CO)C(O)C3O)c(=O)n2)CC1. The molecule has 1 saturated heterocycles. The van der Waals surface area contributed by atoms with Crippen molar-refractivity contribution in [2.24, 2.45) is 11.8 Å². The topological polar surface area (TPSA) is 160 Å². The van der Waals surface area contributed by atoms with E-state index in [9.17, 15) is 24.6 Å². The van der Waals surface area contributed by atoms with Crippen LogP contribution in [0, 0.1) is 11.8 Å². The molecule has 4 unspecified atom stereocenters. The molecule has 4 N–H and O–H groups in total. The highest BCUT2D eigenvalue weighted by Gasteiger charge is 2.43. The van der Waals surface area contributed by atoms with Crippen LogP contribution in [0.25, 0.3) is 0 Å². The fourth-order valence-electron chi connectivity index (χ4n) is 3.77. The van der Waals surface area contributed by atoms with Crippen molar-refractivity contribution in [2.75, 3.05) is 19.0 Å². The summed E-state index contributed by atoms with van der Waals surface area (Å²) in [4.78, 5) is 40.1. The largest absolute Gasteiger partial charge is 0.469 e. The summed E-state index contributed by atoms with van der Waals surface area (Å²) in [6.07, 6.45) is -1.47. The Labute approximate surface area is 166 Å². The number of hydrogen-bond acceptors (Lipinski definition) is 9. The zero-order valence-electron chi connectivity index (χ0n) is 15.9. The quantitative estimate of drug-likeness (QED) is 0.435. The average molecular weight is 411 g/mol. The van der Waals surface area contributed by atoms with E-state index in [1.165, 1.54) is 19.4 Å². The Kier molecular flexibility index (Phi) is 6.63. The van der Waals surface area contributed by atoms with Crippen LogP contribution in [0.5, 0.6) is 0 Å². The molecule has 11 heteroatoms. The number of hydrogen-bond donors (Lipinski definition) is 4. The molecule has 2 aliphatic rings. The van der Waals surface area contributed by atoms with Gasteiger partial charge in [-0.1, -0.05) is 0 Å². The van der Waals surface area contributed by atoms with Gasteiger partial charge in [0.05, 0.1) is 19.6 Å². The molecule has 0 bridgehead atoms. The molecule has 1 aliphatic carbocycles. The first-order valence-electron chi connectivity index (χ1n) is 9.46. The third-order valence-corrected chi connectivity index (χ3v) is 5.51. The first kappa shape index (κ1) is 21.4. The molecule has 1 aromatic heterocycles. The Morgan fingerprint density at radius 3 is 2.45 bits per heavy atom. The molecule has 0 radical (unpaired) electrons. The summed E-state index contributed by atoms with van der Waals surface area (Å²) in [6.45, 7) is -0.511. The van der Waals surface area contributed by atoms with Crippen molar-refractivity contribution in [2.45, 2.75) is 50.2 Å². The predicted molar refractivity (Wildman–Crippen MR) is 97.6 cm³/mol. The second-order valence-corrected chi connectivity index (χ2v) is 7.29. The number of aromatic nitrogens is 2. The standard InChI is InChI=1S/C18H25N3O8/c1-28-17(26)10-4-2-9(3-5-10)15(25)19-12-6-7-21(18(27)20-12)16-14(24)13(23)11(8-22)29-16/h6-7,9-11,13-14,16,22-24H,2-5,8H2,1H3,(H,19,20,25,27). The zero-order valence-corrected chi connectivity index (χ0v) is 15.9. The molecule has 1 aromatic rings. The highest BCUT2D eigenvalue weighted by molar-refractivity contribution is 5.91. The van der Waals surface area contributed by atoms with Crippen molar-refractivity contribution in [1.29, 1.82) is 0 Å². The second-order valence-electron chi connectivity index (χ2n) is 7.29. The van der Waals surface area contributed by atoms with Gasteiger partial charge in [0.15, 0.2) is 6.23 Å². The van der Waals surface area contributed by atoms with Gasteiger partial charge in [0.1, 0.15) is 24.1 Å². The van der Waals surface area contributed by atoms with Gasteiger partial charge in [0.25, 0.3) is 0 Å². The summed E-state index contributed by atoms with van der Waals surface area (Å²) in [5.74, 6) is -0.981. The normalized spacial score (nSPS) is 32.0. The van der Waals surface area contributed by atoms with E-state index >= 15 is 0 Å². The number of carbonyl (C=O) groups is 2. The van der Waals surface area contributed by atoms with E-state index in [0.29, 0.717) is 25.7 Å². The van der Waals surface area contributed by atoms with Gasteiger partial charge in [0.2, 0.25) is 5.91 Å². The maximum Gasteiger partial charge on any atom is 0.351 e. The minimum absolute atomic E-state index is 0.0538. The van der Waals surface area contributed by atoms with Crippen LogP contribution >= 0.6 is 0 Å². The molecule has 160 valence electrons. The molecule has 0 spiro atoms. The highest BCUT2D eigenvalue weighted by atomic mass is 16.6. The van der Waals surface area contributed by atoms with Gasteiger partial charge >= 0.3 is 11.7 Å². The summed E-state index contributed by atoms with van der Waals surface area (Å²) >= 11 is 0. The van der Waals surface area contributed by atoms with Gasteiger partial charge in [-0.2, -0.15) is 4.98 Å². The van der Waals surface area contributed by atoms with Crippen molar-refractivity contribution in [3.8, 4) is 0 Å². The van der Waals surface area contributed by atoms with E-state index in [-0.39, 0.29) is 29.5 Å². The molecule has 1 saturated carbocycles. The lowest BCUT2D eigenvalue weighted by atomic mass is 9.81. The Balaban J connectivity index is 1.62. The van der Waals surface area contributed by atoms with Crippen molar-refractivity contribution in [3.05, 3.63) is 22.7 Å². The second kappa shape index (κ2) is 8.99. The molecular formula is C18H25N3O8. The van der Waals surface area contributed by atoms with Crippen LogP contribution in [0.15, 0.2) is 17.1 Å². The number of nitrogens with zero attached hydrogens (tertiary/aromatic N) is 2. The van der Waals surface area contributed by atoms with Crippen molar-refractivity contribution >= 4 is 17.7 Å². The number of aliphatic hydroxyl groups excluding tert-OH is 3. The number of methoxy groups -OCH3 is 1. The molecule has 3 rings (SSSR count). The van der Waals surface area contributed by atoms with Crippen LogP contribution in [0.3, 0.4) is 0 Å². The fourth-order valence-corrected chi connectivity index (χ4v) is 3.77. The molecule has 11 nitrogen and oxygen atoms in total. The first-order valence-corrected chi connectivity index (χ1v) is 9.46. The van der Waals surface area contributed by atoms with E-state index in [2.05, 4.69) is 10.3 Å². The zero-order chi connectivity index (χ0) is 21.1. The number of amides is 1. The van der Waals surface area contributed by atoms with Gasteiger partial charge in [-0.3, -0.25) is 14.2 Å². The third kappa shape index (κ3) is 4.47. The molecule has 0 aromatic carbocycles. The summed E-state index contributed by atoms with van der Waals surface area (Å²) in [6, 6.07) is 1.38. The van der Waals surface area contributed by atoms with Gasteiger partial charge < -0.3 is 30.1 Å². The molecule has 2 heterocycles. The van der Waals surface area contributed by atoms with Gasteiger partial charge in [-0.05, 0) is 31.7 Å². The van der Waals surface area contributed by atoms with Gasteiger partial charge in [-0.15, -0.1) is 0 Å². The van der Waals surface area contributed by atoms with E-state index in [0.717, 1.165) is 4.57 Å². The number of carbonyl (C=O) groups excluding carboxylic acids is 2. The Morgan fingerprint density at radius 1 is 1.24 bits per heavy atom. The summed E-state index contributed by atoms with van der Waals surface area (Å²) in [5, 5.41) is 31.6. The van der Waals surface area contributed by atoms with E-state index in [1.807, 2.05) is 0 Å². The number of ether oxygens (including phenoxy) is 2. The fraction of sp³-hybridized carbons (Fsp3) is 0.667. The molecule has 1 amide bonds. The van der Waals surface area contributed by atoms with Gasteiger partial charge in [-0.25, -0.2) is 4.79 Å². The number of nitrogens with one attached hydrogen (secondary N) is 1. The van der Waals surface area contributed by atoms with Crippen molar-refractivity contribution in [3.63, 3.8) is 0 Å². The van der Waals surface area contributed by atoms with E-state index in [1.54, 1.807) is 0 Å². The Morgan fingerprint density at radius 2 is 1.90 bits per heavy atom. The summed E-state index contributed by atoms with van der Waals surface area (Å²) in [5.41, 5.74) is -0.785. The average Bonchev–Trinajstić information content (AvgIpc) is 3.01. The minimum atomic E-state index is -1.41.